The van der Waals surface area contributed by atoms with Crippen molar-refractivity contribution < 1.29 is 19.3 Å². The number of aromatic nitrogens is 2. The van der Waals surface area contributed by atoms with Crippen molar-refractivity contribution in [2.24, 2.45) is 0 Å². The van der Waals surface area contributed by atoms with Gasteiger partial charge in [-0.3, -0.25) is 9.58 Å². The maximum atomic E-state index is 12.6. The number of nitrogens with one attached hydrogen (secondary N) is 1. The number of piperidine rings is 1. The predicted molar refractivity (Wildman–Crippen MR) is 130 cm³/mol. The normalized spacial score (nSPS) is 21.8. The van der Waals surface area contributed by atoms with E-state index in [1.54, 1.807) is 4.90 Å². The highest BCUT2D eigenvalue weighted by Crippen LogP contribution is 2.44. The Morgan fingerprint density at radius 2 is 1.88 bits per heavy atom. The summed E-state index contributed by atoms with van der Waals surface area (Å²) in [5.74, 6) is 0.703. The van der Waals surface area contributed by atoms with Crippen LogP contribution in [0.5, 0.6) is 5.75 Å². The quantitative estimate of drug-likeness (QED) is 0.490. The van der Waals surface area contributed by atoms with E-state index in [0.717, 1.165) is 74.0 Å². The van der Waals surface area contributed by atoms with Gasteiger partial charge in [-0.1, -0.05) is 19.3 Å². The first-order valence-corrected chi connectivity index (χ1v) is 12.8. The lowest BCUT2D eigenvalue weighted by molar-refractivity contribution is -0.250. The van der Waals surface area contributed by atoms with Crippen LogP contribution in [0.25, 0.3) is 11.1 Å². The van der Waals surface area contributed by atoms with Crippen molar-refractivity contribution >= 4 is 11.8 Å². The monoisotopic (exact) mass is 468 g/mol. The number of anilines is 1. The van der Waals surface area contributed by atoms with Gasteiger partial charge < -0.3 is 14.9 Å². The third-order valence-electron chi connectivity index (χ3n) is 7.53. The van der Waals surface area contributed by atoms with Crippen LogP contribution >= 0.6 is 0 Å². The number of benzene rings is 1. The van der Waals surface area contributed by atoms with E-state index in [1.165, 1.54) is 26.4 Å². The zero-order chi connectivity index (χ0) is 23.5. The molecule has 1 amide bonds. The number of carbonyl (C=O) groups excluding carboxylic acids is 1. The Morgan fingerprint density at radius 3 is 2.65 bits per heavy atom. The zero-order valence-corrected chi connectivity index (χ0v) is 20.3. The number of fused-ring (bicyclic) bond motifs is 1. The molecule has 2 fully saturated rings. The van der Waals surface area contributed by atoms with Crippen LogP contribution < -0.4 is 15.1 Å². The van der Waals surface area contributed by atoms with Crippen LogP contribution in [0.1, 0.15) is 69.9 Å². The highest BCUT2D eigenvalue weighted by Gasteiger charge is 2.33. The Bertz CT molecular complexity index is 995. The SMILES string of the molecule is COC(=O)N1c2ccc(-c3cnn(C4CCNCC4)c3)c(OOC3CCCCC3)c2CC[C@@H]1C. The third-order valence-corrected chi connectivity index (χ3v) is 7.53. The molecular formula is C26H36N4O4. The molecule has 3 aliphatic rings. The van der Waals surface area contributed by atoms with Crippen molar-refractivity contribution in [2.75, 3.05) is 25.1 Å². The van der Waals surface area contributed by atoms with E-state index in [4.69, 9.17) is 19.6 Å². The molecule has 1 aromatic carbocycles. The molecule has 5 rings (SSSR count). The van der Waals surface area contributed by atoms with E-state index in [1.807, 2.05) is 18.3 Å². The van der Waals surface area contributed by atoms with Gasteiger partial charge in [0.15, 0.2) is 5.75 Å². The van der Waals surface area contributed by atoms with Gasteiger partial charge in [0.2, 0.25) is 0 Å². The second kappa shape index (κ2) is 10.4. The van der Waals surface area contributed by atoms with Gasteiger partial charge in [-0.15, -0.1) is 0 Å². The fourth-order valence-corrected chi connectivity index (χ4v) is 5.53. The Labute approximate surface area is 201 Å². The molecule has 0 unspecified atom stereocenters. The number of hydrogen-bond acceptors (Lipinski definition) is 6. The van der Waals surface area contributed by atoms with Crippen LogP contribution in [0.3, 0.4) is 0 Å². The van der Waals surface area contributed by atoms with Crippen LogP contribution in [0.15, 0.2) is 24.5 Å². The Morgan fingerprint density at radius 1 is 1.09 bits per heavy atom. The van der Waals surface area contributed by atoms with Gasteiger partial charge in [0.05, 0.1) is 25.0 Å². The summed E-state index contributed by atoms with van der Waals surface area (Å²) < 4.78 is 7.18. The van der Waals surface area contributed by atoms with Crippen molar-refractivity contribution in [1.82, 2.24) is 15.1 Å². The summed E-state index contributed by atoms with van der Waals surface area (Å²) in [6, 6.07) is 4.50. The first kappa shape index (κ1) is 23.2. The smallest absolute Gasteiger partial charge is 0.414 e. The maximum Gasteiger partial charge on any atom is 0.414 e. The van der Waals surface area contributed by atoms with E-state index < -0.39 is 0 Å². The molecule has 8 nitrogen and oxygen atoms in total. The zero-order valence-electron chi connectivity index (χ0n) is 20.3. The van der Waals surface area contributed by atoms with E-state index >= 15 is 0 Å². The van der Waals surface area contributed by atoms with Crippen molar-refractivity contribution in [1.29, 1.82) is 0 Å². The highest BCUT2D eigenvalue weighted by atomic mass is 17.2. The molecule has 1 saturated carbocycles. The molecule has 2 aromatic rings. The van der Waals surface area contributed by atoms with Gasteiger partial charge in [0.1, 0.15) is 6.10 Å². The number of ether oxygens (including phenoxy) is 1. The van der Waals surface area contributed by atoms with E-state index in [-0.39, 0.29) is 18.2 Å². The number of rotatable bonds is 5. The number of nitrogens with zero attached hydrogens (tertiary/aromatic N) is 3. The second-order valence-corrected chi connectivity index (χ2v) is 9.80. The molecule has 0 bridgehead atoms. The average molecular weight is 469 g/mol. The minimum Gasteiger partial charge on any atom is -0.452 e. The summed E-state index contributed by atoms with van der Waals surface area (Å²) in [6.45, 7) is 4.09. The van der Waals surface area contributed by atoms with Crippen LogP contribution in [0.2, 0.25) is 0 Å². The van der Waals surface area contributed by atoms with E-state index in [2.05, 4.69) is 23.1 Å². The lowest BCUT2D eigenvalue weighted by Gasteiger charge is -2.35. The first-order chi connectivity index (χ1) is 16.7. The molecule has 1 N–H and O–H groups in total. The molecule has 1 saturated heterocycles. The number of methoxy groups -OCH3 is 1. The summed E-state index contributed by atoms with van der Waals surface area (Å²) in [5, 5.41) is 8.11. The molecule has 0 spiro atoms. The number of carbonyl (C=O) groups is 1. The van der Waals surface area contributed by atoms with E-state index in [0.29, 0.717) is 11.8 Å². The van der Waals surface area contributed by atoms with Crippen LogP contribution in [-0.4, -0.2) is 48.2 Å². The maximum absolute atomic E-state index is 12.6. The molecule has 1 aliphatic carbocycles. The van der Waals surface area contributed by atoms with Crippen molar-refractivity contribution in [3.63, 3.8) is 0 Å². The number of hydrogen-bond donors (Lipinski definition) is 1. The topological polar surface area (TPSA) is 77.9 Å². The summed E-state index contributed by atoms with van der Waals surface area (Å²) in [7, 11) is 1.43. The molecule has 1 atom stereocenters. The van der Waals surface area contributed by atoms with Crippen LogP contribution in [-0.2, 0) is 16.0 Å². The lowest BCUT2D eigenvalue weighted by Crippen LogP contribution is -2.42. The van der Waals surface area contributed by atoms with Crippen LogP contribution in [0, 0.1) is 0 Å². The molecule has 2 aliphatic heterocycles. The van der Waals surface area contributed by atoms with Gasteiger partial charge in [-0.2, -0.15) is 9.99 Å². The largest absolute Gasteiger partial charge is 0.452 e. The third kappa shape index (κ3) is 4.66. The van der Waals surface area contributed by atoms with Crippen molar-refractivity contribution in [3.05, 3.63) is 30.1 Å². The number of amides is 1. The first-order valence-electron chi connectivity index (χ1n) is 12.8. The molecule has 0 radical (unpaired) electrons. The summed E-state index contributed by atoms with van der Waals surface area (Å²) in [5.41, 5.74) is 3.79. The lowest BCUT2D eigenvalue weighted by atomic mass is 9.92. The van der Waals surface area contributed by atoms with Gasteiger partial charge in [0.25, 0.3) is 0 Å². The van der Waals surface area contributed by atoms with Gasteiger partial charge >= 0.3 is 6.09 Å². The Hall–Kier alpha value is -2.58. The fourth-order valence-electron chi connectivity index (χ4n) is 5.53. The molecule has 8 heteroatoms. The van der Waals surface area contributed by atoms with Crippen LogP contribution in [0.4, 0.5) is 10.5 Å². The Kier molecular flexibility index (Phi) is 7.06. The molecule has 1 aromatic heterocycles. The van der Waals surface area contributed by atoms with Crippen molar-refractivity contribution in [3.8, 4) is 16.9 Å². The predicted octanol–water partition coefficient (Wildman–Crippen LogP) is 5.03. The molecular weight excluding hydrogens is 432 g/mol. The summed E-state index contributed by atoms with van der Waals surface area (Å²) >= 11 is 0. The average Bonchev–Trinajstić information content (AvgIpc) is 3.38. The minimum absolute atomic E-state index is 0.0561. The molecule has 184 valence electrons. The summed E-state index contributed by atoms with van der Waals surface area (Å²) in [6.07, 6.45) is 13.2. The van der Waals surface area contributed by atoms with E-state index in [9.17, 15) is 4.79 Å². The minimum atomic E-state index is -0.348. The second-order valence-electron chi connectivity index (χ2n) is 9.80. The van der Waals surface area contributed by atoms with Gasteiger partial charge in [-0.25, -0.2) is 4.79 Å². The van der Waals surface area contributed by atoms with Gasteiger partial charge in [0, 0.05) is 28.9 Å². The Balaban J connectivity index is 1.50. The van der Waals surface area contributed by atoms with Crippen molar-refractivity contribution in [2.45, 2.75) is 82.9 Å². The summed E-state index contributed by atoms with van der Waals surface area (Å²) in [4.78, 5) is 26.5. The fraction of sp³-hybridized carbons (Fsp3) is 0.615. The molecule has 34 heavy (non-hydrogen) atoms. The van der Waals surface area contributed by atoms with Gasteiger partial charge in [-0.05, 0) is 70.7 Å². The highest BCUT2D eigenvalue weighted by molar-refractivity contribution is 5.92. The molecule has 3 heterocycles. The standard InChI is InChI=1S/C26H36N4O4/c1-18-8-9-23-24(30(18)26(31)32-2)11-10-22(25(23)34-33-21-6-4-3-5-7-21)19-16-28-29(17-19)20-12-14-27-15-13-20/h10-11,16-18,20-21,27H,3-9,12-15H2,1-2H3/t18-/m0/s1.